The standard InChI is InChI=1S/C16H12F3NO/c1-10-2-3-12-9-15(20-14(12)8-10)11-4-6-13(7-5-11)21-16(17,18)19/h2-9,20H,1H3. The molecule has 3 aromatic rings. The second kappa shape index (κ2) is 4.84. The van der Waals surface area contributed by atoms with Crippen LogP contribution in [-0.4, -0.2) is 11.3 Å². The summed E-state index contributed by atoms with van der Waals surface area (Å²) in [6.45, 7) is 2.00. The molecule has 21 heavy (non-hydrogen) atoms. The van der Waals surface area contributed by atoms with Gasteiger partial charge in [-0.25, -0.2) is 0 Å². The molecule has 5 heteroatoms. The number of nitrogens with one attached hydrogen (secondary N) is 1. The highest BCUT2D eigenvalue weighted by molar-refractivity contribution is 5.86. The fourth-order valence-corrected chi connectivity index (χ4v) is 2.23. The second-order valence-corrected chi connectivity index (χ2v) is 4.85. The molecule has 2 aromatic carbocycles. The van der Waals surface area contributed by atoms with Crippen molar-refractivity contribution in [2.24, 2.45) is 0 Å². The summed E-state index contributed by atoms with van der Waals surface area (Å²) in [5.74, 6) is -0.224. The van der Waals surface area contributed by atoms with Gasteiger partial charge < -0.3 is 9.72 Å². The maximum absolute atomic E-state index is 12.1. The van der Waals surface area contributed by atoms with Crippen molar-refractivity contribution in [3.8, 4) is 17.0 Å². The minimum atomic E-state index is -4.67. The Bertz CT molecular complexity index is 772. The predicted molar refractivity (Wildman–Crippen MR) is 75.2 cm³/mol. The lowest BCUT2D eigenvalue weighted by Gasteiger charge is -2.08. The molecule has 0 aliphatic heterocycles. The van der Waals surface area contributed by atoms with E-state index in [0.29, 0.717) is 0 Å². The lowest BCUT2D eigenvalue weighted by atomic mass is 10.1. The summed E-state index contributed by atoms with van der Waals surface area (Å²) in [7, 11) is 0. The number of H-pyrrole nitrogens is 1. The van der Waals surface area contributed by atoms with E-state index in [4.69, 9.17) is 0 Å². The molecule has 0 spiro atoms. The van der Waals surface area contributed by atoms with Gasteiger partial charge >= 0.3 is 6.36 Å². The molecular formula is C16H12F3NO. The van der Waals surface area contributed by atoms with Gasteiger partial charge in [0.15, 0.2) is 0 Å². The molecule has 2 nitrogen and oxygen atoms in total. The van der Waals surface area contributed by atoms with E-state index in [1.165, 1.54) is 12.1 Å². The number of aromatic nitrogens is 1. The van der Waals surface area contributed by atoms with Crippen LogP contribution in [0, 0.1) is 6.92 Å². The summed E-state index contributed by atoms with van der Waals surface area (Å²) in [6.07, 6.45) is -4.67. The van der Waals surface area contributed by atoms with Crippen LogP contribution in [0.25, 0.3) is 22.2 Å². The molecule has 108 valence electrons. The first-order valence-electron chi connectivity index (χ1n) is 6.36. The average Bonchev–Trinajstić information content (AvgIpc) is 2.80. The Morgan fingerprint density at radius 2 is 1.67 bits per heavy atom. The number of aryl methyl sites for hydroxylation is 1. The molecule has 0 aliphatic carbocycles. The van der Waals surface area contributed by atoms with E-state index in [1.807, 2.05) is 31.2 Å². The lowest BCUT2D eigenvalue weighted by Crippen LogP contribution is -2.16. The summed E-state index contributed by atoms with van der Waals surface area (Å²) in [6, 6.07) is 13.8. The molecule has 1 heterocycles. The number of halogens is 3. The summed E-state index contributed by atoms with van der Waals surface area (Å²) >= 11 is 0. The Hall–Kier alpha value is -2.43. The summed E-state index contributed by atoms with van der Waals surface area (Å²) in [4.78, 5) is 3.26. The molecule has 1 aromatic heterocycles. The van der Waals surface area contributed by atoms with Gasteiger partial charge in [-0.2, -0.15) is 0 Å². The Balaban J connectivity index is 1.91. The van der Waals surface area contributed by atoms with Crippen LogP contribution < -0.4 is 4.74 Å². The van der Waals surface area contributed by atoms with E-state index in [-0.39, 0.29) is 5.75 Å². The van der Waals surface area contributed by atoms with Gasteiger partial charge in [0, 0.05) is 16.6 Å². The largest absolute Gasteiger partial charge is 0.573 e. The normalized spacial score (nSPS) is 11.8. The van der Waals surface area contributed by atoms with Crippen molar-refractivity contribution in [2.45, 2.75) is 13.3 Å². The number of rotatable bonds is 2. The maximum atomic E-state index is 12.1. The predicted octanol–water partition coefficient (Wildman–Crippen LogP) is 5.04. The van der Waals surface area contributed by atoms with Gasteiger partial charge in [0.25, 0.3) is 0 Å². The van der Waals surface area contributed by atoms with Gasteiger partial charge in [0.2, 0.25) is 0 Å². The van der Waals surface area contributed by atoms with E-state index in [0.717, 1.165) is 27.7 Å². The van der Waals surface area contributed by atoms with E-state index in [2.05, 4.69) is 9.72 Å². The van der Waals surface area contributed by atoms with Crippen molar-refractivity contribution in [1.29, 1.82) is 0 Å². The molecule has 0 fully saturated rings. The Labute approximate surface area is 119 Å². The van der Waals surface area contributed by atoms with Crippen LogP contribution in [0.4, 0.5) is 13.2 Å². The third-order valence-corrected chi connectivity index (χ3v) is 3.18. The molecular weight excluding hydrogens is 279 g/mol. The fourth-order valence-electron chi connectivity index (χ4n) is 2.23. The van der Waals surface area contributed by atoms with Crippen LogP contribution in [-0.2, 0) is 0 Å². The zero-order valence-corrected chi connectivity index (χ0v) is 11.2. The lowest BCUT2D eigenvalue weighted by molar-refractivity contribution is -0.274. The zero-order valence-electron chi connectivity index (χ0n) is 11.2. The van der Waals surface area contributed by atoms with E-state index >= 15 is 0 Å². The minimum absolute atomic E-state index is 0.224. The van der Waals surface area contributed by atoms with Gasteiger partial charge in [-0.1, -0.05) is 12.1 Å². The van der Waals surface area contributed by atoms with Crippen molar-refractivity contribution < 1.29 is 17.9 Å². The molecule has 0 unspecified atom stereocenters. The van der Waals surface area contributed by atoms with Crippen molar-refractivity contribution >= 4 is 10.9 Å². The highest BCUT2D eigenvalue weighted by Crippen LogP contribution is 2.28. The van der Waals surface area contributed by atoms with E-state index in [1.54, 1.807) is 12.1 Å². The van der Waals surface area contributed by atoms with Gasteiger partial charge in [0.1, 0.15) is 5.75 Å². The number of alkyl halides is 3. The molecule has 0 aliphatic rings. The van der Waals surface area contributed by atoms with Crippen LogP contribution in [0.15, 0.2) is 48.5 Å². The molecule has 0 amide bonds. The highest BCUT2D eigenvalue weighted by Gasteiger charge is 2.30. The summed E-state index contributed by atoms with van der Waals surface area (Å²) in [5.41, 5.74) is 3.80. The third kappa shape index (κ3) is 3.02. The van der Waals surface area contributed by atoms with Crippen LogP contribution in [0.1, 0.15) is 5.56 Å². The second-order valence-electron chi connectivity index (χ2n) is 4.85. The van der Waals surface area contributed by atoms with Gasteiger partial charge in [-0.05, 0) is 54.4 Å². The summed E-state index contributed by atoms with van der Waals surface area (Å²) < 4.78 is 40.2. The van der Waals surface area contributed by atoms with Crippen molar-refractivity contribution in [2.75, 3.05) is 0 Å². The number of aromatic amines is 1. The molecule has 0 atom stereocenters. The Kier molecular flexibility index (Phi) is 3.12. The van der Waals surface area contributed by atoms with Gasteiger partial charge in [0.05, 0.1) is 0 Å². The third-order valence-electron chi connectivity index (χ3n) is 3.18. The zero-order chi connectivity index (χ0) is 15.0. The first-order chi connectivity index (χ1) is 9.90. The monoisotopic (exact) mass is 291 g/mol. The Morgan fingerprint density at radius 1 is 0.952 bits per heavy atom. The smallest absolute Gasteiger partial charge is 0.406 e. The van der Waals surface area contributed by atoms with Gasteiger partial charge in [-0.15, -0.1) is 13.2 Å². The molecule has 0 bridgehead atoms. The first kappa shape index (κ1) is 13.5. The van der Waals surface area contributed by atoms with Crippen LogP contribution >= 0.6 is 0 Å². The number of hydrogen-bond donors (Lipinski definition) is 1. The van der Waals surface area contributed by atoms with E-state index in [9.17, 15) is 13.2 Å². The van der Waals surface area contributed by atoms with Crippen molar-refractivity contribution in [1.82, 2.24) is 4.98 Å². The molecule has 0 radical (unpaired) electrons. The quantitative estimate of drug-likeness (QED) is 0.702. The average molecular weight is 291 g/mol. The maximum Gasteiger partial charge on any atom is 0.573 e. The Morgan fingerprint density at radius 3 is 2.33 bits per heavy atom. The first-order valence-corrected chi connectivity index (χ1v) is 6.36. The fraction of sp³-hybridized carbons (Fsp3) is 0.125. The molecule has 1 N–H and O–H groups in total. The number of ether oxygens (including phenoxy) is 1. The number of fused-ring (bicyclic) bond motifs is 1. The van der Waals surface area contributed by atoms with Crippen molar-refractivity contribution in [3.05, 3.63) is 54.1 Å². The number of benzene rings is 2. The SMILES string of the molecule is Cc1ccc2cc(-c3ccc(OC(F)(F)F)cc3)[nH]c2c1. The summed E-state index contributed by atoms with van der Waals surface area (Å²) in [5, 5.41) is 1.06. The van der Waals surface area contributed by atoms with Crippen LogP contribution in [0.5, 0.6) is 5.75 Å². The minimum Gasteiger partial charge on any atom is -0.406 e. The van der Waals surface area contributed by atoms with Gasteiger partial charge in [-0.3, -0.25) is 0 Å². The van der Waals surface area contributed by atoms with Crippen molar-refractivity contribution in [3.63, 3.8) is 0 Å². The van der Waals surface area contributed by atoms with Crippen LogP contribution in [0.3, 0.4) is 0 Å². The topological polar surface area (TPSA) is 25.0 Å². The molecule has 0 saturated carbocycles. The van der Waals surface area contributed by atoms with E-state index < -0.39 is 6.36 Å². The molecule has 0 saturated heterocycles. The molecule has 3 rings (SSSR count). The van der Waals surface area contributed by atoms with Crippen LogP contribution in [0.2, 0.25) is 0 Å². The highest BCUT2D eigenvalue weighted by atomic mass is 19.4. The number of hydrogen-bond acceptors (Lipinski definition) is 1.